The van der Waals surface area contributed by atoms with E-state index >= 15 is 0 Å². The van der Waals surface area contributed by atoms with Gasteiger partial charge >= 0.3 is 11.9 Å². The third kappa shape index (κ3) is 19.3. The van der Waals surface area contributed by atoms with Gasteiger partial charge in [0.1, 0.15) is 30.2 Å². The highest BCUT2D eigenvalue weighted by Gasteiger charge is 2.43. The Kier molecular flexibility index (Phi) is 28.7. The number of ketones is 1. The molecule has 15 unspecified atom stereocenters. The number of amides is 1. The molecule has 0 aromatic heterocycles. The third-order valence-electron chi connectivity index (χ3n) is 14.1. The molecule has 0 aromatic carbocycles. The highest BCUT2D eigenvalue weighted by atomic mass is 16.6. The smallest absolute Gasteiger partial charge is 0.331 e. The van der Waals surface area contributed by atoms with Gasteiger partial charge in [-0.3, -0.25) is 9.59 Å². The van der Waals surface area contributed by atoms with Gasteiger partial charge in [0.25, 0.3) is 0 Å². The van der Waals surface area contributed by atoms with Crippen molar-refractivity contribution in [2.45, 2.75) is 154 Å². The highest BCUT2D eigenvalue weighted by Crippen LogP contribution is 2.34. The van der Waals surface area contributed by atoms with Crippen molar-refractivity contribution in [2.75, 3.05) is 56.8 Å². The lowest BCUT2D eigenvalue weighted by Crippen LogP contribution is -2.50. The van der Waals surface area contributed by atoms with Gasteiger partial charge in [0, 0.05) is 130 Å². The van der Waals surface area contributed by atoms with Gasteiger partial charge in [-0.05, 0) is 32.1 Å². The number of fused-ring (bicyclic) bond motifs is 2. The maximum Gasteiger partial charge on any atom is 0.331 e. The first-order valence-electron chi connectivity index (χ1n) is 24.5. The number of allylic oxidation sites excluding steroid dienone is 2. The van der Waals surface area contributed by atoms with E-state index in [0.717, 1.165) is 5.57 Å². The van der Waals surface area contributed by atoms with Crippen LogP contribution in [0.4, 0.5) is 0 Å². The number of aliphatic hydroxyl groups excluding tert-OH is 2. The molecule has 17 atom stereocenters. The van der Waals surface area contributed by atoms with Crippen LogP contribution in [-0.4, -0.2) is 163 Å². The summed E-state index contributed by atoms with van der Waals surface area (Å²) in [6.45, 7) is 13.4. The summed E-state index contributed by atoms with van der Waals surface area (Å²) in [6.07, 6.45) is 12.5. The summed E-state index contributed by atoms with van der Waals surface area (Å²) >= 11 is 0. The molecule has 0 aromatic rings. The van der Waals surface area contributed by atoms with E-state index in [1.54, 1.807) is 67.0 Å². The first-order valence-corrected chi connectivity index (χ1v) is 24.5. The lowest BCUT2D eigenvalue weighted by atomic mass is 9.81. The average Bonchev–Trinajstić information content (AvgIpc) is 3.34. The van der Waals surface area contributed by atoms with E-state index in [4.69, 9.17) is 42.6 Å². The molecule has 0 aliphatic carbocycles. The number of methoxy groups -OCH3 is 7. The first-order chi connectivity index (χ1) is 33.2. The van der Waals surface area contributed by atoms with Crippen LogP contribution in [0, 0.1) is 35.5 Å². The second-order valence-electron chi connectivity index (χ2n) is 19.1. The quantitative estimate of drug-likeness (QED) is 0.0805. The number of esters is 2. The maximum absolute atomic E-state index is 13.7. The molecule has 0 spiro atoms. The summed E-state index contributed by atoms with van der Waals surface area (Å²) in [5, 5.41) is 23.2. The summed E-state index contributed by atoms with van der Waals surface area (Å²) < 4.78 is 53.1. The third-order valence-corrected chi connectivity index (χ3v) is 14.1. The highest BCUT2D eigenvalue weighted by molar-refractivity contribution is 5.84. The van der Waals surface area contributed by atoms with Crippen molar-refractivity contribution in [3.8, 4) is 0 Å². The molecule has 0 radical (unpaired) electrons. The van der Waals surface area contributed by atoms with Crippen LogP contribution in [-0.2, 0) is 61.8 Å². The lowest BCUT2D eigenvalue weighted by Gasteiger charge is -2.39. The monoisotopic (exact) mass is 990 g/mol. The fraction of sp³-hybridized carbons (Fsp3) is 0.704. The molecule has 2 aliphatic rings. The SMILES string of the molecule is COC1/C=C/C(C)C(C(C)C(OC)C(C)CCC(=O)C(C)C(C/C=C/N(C)C=O)OC)OC(=O)/C=C/C=C(\C)CC(OC)C(OC)C2=CC(=O)O[C@@H](C(C)C(OC)CC(OC)/C=C/C(C)C(O)C1)[C@H]2O. The summed E-state index contributed by atoms with van der Waals surface area (Å²) in [7, 11) is 12.5. The predicted octanol–water partition coefficient (Wildman–Crippen LogP) is 6.53. The molecule has 2 N–H and O–H groups in total. The van der Waals surface area contributed by atoms with Crippen molar-refractivity contribution in [2.24, 2.45) is 35.5 Å². The average molecular weight is 990 g/mol. The molecule has 0 fully saturated rings. The fourth-order valence-corrected chi connectivity index (χ4v) is 9.43. The van der Waals surface area contributed by atoms with Crippen LogP contribution < -0.4 is 0 Å². The molecule has 2 bridgehead atoms. The van der Waals surface area contributed by atoms with Crippen LogP contribution >= 0.6 is 0 Å². The zero-order valence-electron chi connectivity index (χ0n) is 44.6. The summed E-state index contributed by atoms with van der Waals surface area (Å²) in [6, 6.07) is 0. The molecule has 398 valence electrons. The molecule has 2 heterocycles. The Morgan fingerprint density at radius 3 is 2.03 bits per heavy atom. The van der Waals surface area contributed by atoms with Crippen LogP contribution in [0.15, 0.2) is 72.0 Å². The van der Waals surface area contributed by atoms with E-state index in [1.165, 1.54) is 31.3 Å². The van der Waals surface area contributed by atoms with E-state index in [-0.39, 0.29) is 48.4 Å². The Bertz CT molecular complexity index is 1780. The minimum absolute atomic E-state index is 0.0438. The van der Waals surface area contributed by atoms with Gasteiger partial charge < -0.3 is 57.7 Å². The molecule has 1 amide bonds. The number of ether oxygens (including phenoxy) is 9. The Hall–Kier alpha value is -3.84. The second-order valence-corrected chi connectivity index (χ2v) is 19.1. The Morgan fingerprint density at radius 2 is 1.46 bits per heavy atom. The predicted molar refractivity (Wildman–Crippen MR) is 267 cm³/mol. The van der Waals surface area contributed by atoms with Gasteiger partial charge in [0.05, 0.1) is 42.7 Å². The molecule has 2 rings (SSSR count). The van der Waals surface area contributed by atoms with Crippen LogP contribution in [0.25, 0.3) is 0 Å². The van der Waals surface area contributed by atoms with Gasteiger partial charge in [0.15, 0.2) is 0 Å². The van der Waals surface area contributed by atoms with Crippen LogP contribution in [0.5, 0.6) is 0 Å². The standard InChI is InChI=1S/C54H87NO15/c1-33-18-16-20-48(59)69-52(39(7)51(67-14)35(3)23-26-43(57)37(5)45(64-11)19-17-27-55(8)32-56)36(4)22-25-40(62-9)29-44(58)34(2)21-24-41(63-10)30-46(65-12)38(6)53-50(61)42(31-49(60)70-53)54(68-15)47(28-33)66-13/h16-18,20-22,24-25,27,31-32,34-41,44-47,50-54,58,61H,19,23,26,28-30H2,1-15H3/b20-16+,24-21+,25-22+,27-17+,33-18+/t34?,35?,36?,37?,38?,39?,40?,41?,44?,45?,46?,47?,50-,51?,52?,53-,54?/m0/s1. The zero-order valence-corrected chi connectivity index (χ0v) is 44.6. The number of hydrogen-bond donors (Lipinski definition) is 2. The molecular formula is C54H87NO15. The number of nitrogens with zero attached hydrogens (tertiary/aromatic N) is 1. The number of carbonyl (C=O) groups is 4. The largest absolute Gasteiger partial charge is 0.458 e. The molecule has 2 aliphatic heterocycles. The molecule has 0 saturated heterocycles. The number of hydrogen-bond acceptors (Lipinski definition) is 15. The van der Waals surface area contributed by atoms with Crippen molar-refractivity contribution >= 4 is 24.1 Å². The summed E-state index contributed by atoms with van der Waals surface area (Å²) in [5.74, 6) is -3.15. The van der Waals surface area contributed by atoms with Crippen molar-refractivity contribution in [3.63, 3.8) is 0 Å². The fourth-order valence-electron chi connectivity index (χ4n) is 9.43. The van der Waals surface area contributed by atoms with Gasteiger partial charge in [-0.1, -0.05) is 89.6 Å². The minimum Gasteiger partial charge on any atom is -0.458 e. The van der Waals surface area contributed by atoms with E-state index in [1.807, 2.05) is 72.8 Å². The Morgan fingerprint density at radius 1 is 0.829 bits per heavy atom. The maximum atomic E-state index is 13.7. The van der Waals surface area contributed by atoms with Gasteiger partial charge in [0.2, 0.25) is 6.41 Å². The van der Waals surface area contributed by atoms with Crippen molar-refractivity contribution in [3.05, 3.63) is 72.0 Å². The Balaban J connectivity index is 2.55. The van der Waals surface area contributed by atoms with E-state index in [9.17, 15) is 29.4 Å². The molecule has 16 nitrogen and oxygen atoms in total. The van der Waals surface area contributed by atoms with Crippen molar-refractivity contribution < 1.29 is 72.0 Å². The summed E-state index contributed by atoms with van der Waals surface area (Å²) in [5.41, 5.74) is 1.12. The van der Waals surface area contributed by atoms with E-state index < -0.39 is 84.8 Å². The van der Waals surface area contributed by atoms with Crippen LogP contribution in [0.2, 0.25) is 0 Å². The van der Waals surface area contributed by atoms with Gasteiger partial charge in [-0.25, -0.2) is 9.59 Å². The normalized spacial score (nSPS) is 33.5. The van der Waals surface area contributed by atoms with Gasteiger partial charge in [-0.2, -0.15) is 0 Å². The molecule has 16 heteroatoms. The molecule has 0 saturated carbocycles. The van der Waals surface area contributed by atoms with Crippen LogP contribution in [0.3, 0.4) is 0 Å². The molecular weight excluding hydrogens is 903 g/mol. The Labute approximate surface area is 418 Å². The van der Waals surface area contributed by atoms with Crippen molar-refractivity contribution in [1.82, 2.24) is 4.90 Å². The number of cyclic esters (lactones) is 1. The number of rotatable bonds is 19. The first kappa shape index (κ1) is 62.3. The van der Waals surface area contributed by atoms with Crippen molar-refractivity contribution in [1.29, 1.82) is 0 Å². The minimum atomic E-state index is -1.24. The molecule has 70 heavy (non-hydrogen) atoms. The lowest BCUT2D eigenvalue weighted by molar-refractivity contribution is -0.162. The number of Topliss-reactive ketones (excluding diaryl/α,β-unsaturated/α-hetero) is 1. The number of aliphatic hydroxyl groups is 2. The topological polar surface area (TPSA) is 195 Å². The second kappa shape index (κ2) is 32.3. The number of carbonyl (C=O) groups excluding carboxylic acids is 4. The van der Waals surface area contributed by atoms with E-state index in [0.29, 0.717) is 37.7 Å². The van der Waals surface area contributed by atoms with Gasteiger partial charge in [-0.15, -0.1) is 0 Å². The summed E-state index contributed by atoms with van der Waals surface area (Å²) in [4.78, 5) is 52.7. The van der Waals surface area contributed by atoms with E-state index in [2.05, 4.69) is 0 Å². The van der Waals surface area contributed by atoms with Crippen LogP contribution in [0.1, 0.15) is 87.0 Å². The zero-order chi connectivity index (χ0) is 52.7.